The van der Waals surface area contributed by atoms with Crippen LogP contribution in [0.15, 0.2) is 42.5 Å². The number of amides is 2. The molecule has 0 aromatic heterocycles. The van der Waals surface area contributed by atoms with Gasteiger partial charge < -0.3 is 15.0 Å². The van der Waals surface area contributed by atoms with Crippen LogP contribution in [-0.2, 0) is 14.3 Å². The molecule has 0 heterocycles. The van der Waals surface area contributed by atoms with Gasteiger partial charge in [0.1, 0.15) is 6.54 Å². The van der Waals surface area contributed by atoms with Gasteiger partial charge in [0.25, 0.3) is 5.91 Å². The molecule has 162 valence electrons. The lowest BCUT2D eigenvalue weighted by atomic mass is 10.1. The molecule has 0 aliphatic carbocycles. The van der Waals surface area contributed by atoms with Crippen LogP contribution in [0.3, 0.4) is 0 Å². The van der Waals surface area contributed by atoms with Crippen molar-refractivity contribution in [2.75, 3.05) is 18.5 Å². The maximum atomic E-state index is 12.7. The van der Waals surface area contributed by atoms with Crippen molar-refractivity contribution in [1.82, 2.24) is 4.90 Å². The van der Waals surface area contributed by atoms with E-state index in [9.17, 15) is 14.4 Å². The standard InChI is InChI=1S/C24H27N3O4/c1-5-17(3)27(14-22(28)26-21-8-6-7-16(2)18(21)4)23(29)15-31-24(30)20-11-9-19(13-25)10-12-20/h6-12,17H,5,14-15H2,1-4H3,(H,26,28)/t17-/m1/s1. The second-order valence-corrected chi connectivity index (χ2v) is 7.34. The number of hydrogen-bond donors (Lipinski definition) is 1. The summed E-state index contributed by atoms with van der Waals surface area (Å²) in [5.41, 5.74) is 3.39. The summed E-state index contributed by atoms with van der Waals surface area (Å²) in [6.45, 7) is 7.02. The van der Waals surface area contributed by atoms with E-state index in [2.05, 4.69) is 5.32 Å². The van der Waals surface area contributed by atoms with Gasteiger partial charge in [-0.2, -0.15) is 5.26 Å². The van der Waals surface area contributed by atoms with Gasteiger partial charge in [-0.1, -0.05) is 19.1 Å². The van der Waals surface area contributed by atoms with Gasteiger partial charge in [0, 0.05) is 11.7 Å². The van der Waals surface area contributed by atoms with Crippen LogP contribution >= 0.6 is 0 Å². The SMILES string of the molecule is CC[C@@H](C)N(CC(=O)Nc1cccc(C)c1C)C(=O)COC(=O)c1ccc(C#N)cc1. The Balaban J connectivity index is 2.01. The summed E-state index contributed by atoms with van der Waals surface area (Å²) in [6, 6.07) is 13.3. The Morgan fingerprint density at radius 1 is 1.13 bits per heavy atom. The molecule has 0 saturated carbocycles. The number of benzene rings is 2. The van der Waals surface area contributed by atoms with E-state index >= 15 is 0 Å². The highest BCUT2D eigenvalue weighted by atomic mass is 16.5. The Morgan fingerprint density at radius 2 is 1.81 bits per heavy atom. The largest absolute Gasteiger partial charge is 0.452 e. The second kappa shape index (κ2) is 10.9. The van der Waals surface area contributed by atoms with Gasteiger partial charge >= 0.3 is 5.97 Å². The second-order valence-electron chi connectivity index (χ2n) is 7.34. The maximum Gasteiger partial charge on any atom is 0.338 e. The van der Waals surface area contributed by atoms with Crippen molar-refractivity contribution >= 4 is 23.5 Å². The van der Waals surface area contributed by atoms with Crippen LogP contribution in [0.25, 0.3) is 0 Å². The summed E-state index contributed by atoms with van der Waals surface area (Å²) in [5.74, 6) is -1.44. The van der Waals surface area contributed by atoms with Crippen LogP contribution in [0.1, 0.15) is 47.3 Å². The summed E-state index contributed by atoms with van der Waals surface area (Å²) >= 11 is 0. The molecule has 1 atom stereocenters. The lowest BCUT2D eigenvalue weighted by Crippen LogP contribution is -2.45. The predicted octanol–water partition coefficient (Wildman–Crippen LogP) is 3.60. The lowest BCUT2D eigenvalue weighted by molar-refractivity contribution is -0.139. The molecule has 0 bridgehead atoms. The molecule has 2 aromatic carbocycles. The minimum Gasteiger partial charge on any atom is -0.452 e. The zero-order valence-corrected chi connectivity index (χ0v) is 18.3. The molecule has 2 aromatic rings. The monoisotopic (exact) mass is 421 g/mol. The quantitative estimate of drug-likeness (QED) is 0.657. The molecule has 31 heavy (non-hydrogen) atoms. The zero-order chi connectivity index (χ0) is 23.0. The fourth-order valence-electron chi connectivity index (χ4n) is 2.92. The first-order valence-corrected chi connectivity index (χ1v) is 10.1. The highest BCUT2D eigenvalue weighted by Crippen LogP contribution is 2.18. The van der Waals surface area contributed by atoms with Crippen molar-refractivity contribution in [2.24, 2.45) is 0 Å². The Kier molecular flexibility index (Phi) is 8.33. The van der Waals surface area contributed by atoms with E-state index in [1.165, 1.54) is 29.2 Å². The third-order valence-electron chi connectivity index (χ3n) is 5.21. The topological polar surface area (TPSA) is 99.5 Å². The number of rotatable bonds is 8. The molecular weight excluding hydrogens is 394 g/mol. The number of nitriles is 1. The highest BCUT2D eigenvalue weighted by Gasteiger charge is 2.23. The van der Waals surface area contributed by atoms with Crippen molar-refractivity contribution in [3.8, 4) is 6.07 Å². The molecule has 0 saturated heterocycles. The molecule has 1 N–H and O–H groups in total. The summed E-state index contributed by atoms with van der Waals surface area (Å²) in [4.78, 5) is 38.9. The van der Waals surface area contributed by atoms with Crippen LogP contribution in [0, 0.1) is 25.2 Å². The average Bonchev–Trinajstić information content (AvgIpc) is 2.78. The zero-order valence-electron chi connectivity index (χ0n) is 18.3. The maximum absolute atomic E-state index is 12.7. The van der Waals surface area contributed by atoms with E-state index in [1.54, 1.807) is 0 Å². The molecule has 0 radical (unpaired) electrons. The molecule has 0 aliphatic heterocycles. The van der Waals surface area contributed by atoms with E-state index in [0.29, 0.717) is 17.7 Å². The van der Waals surface area contributed by atoms with Crippen LogP contribution in [0.4, 0.5) is 5.69 Å². The van der Waals surface area contributed by atoms with E-state index in [0.717, 1.165) is 11.1 Å². The lowest BCUT2D eigenvalue weighted by Gasteiger charge is -2.28. The van der Waals surface area contributed by atoms with Gasteiger partial charge in [0.2, 0.25) is 5.91 Å². The third-order valence-corrected chi connectivity index (χ3v) is 5.21. The molecule has 0 spiro atoms. The van der Waals surface area contributed by atoms with E-state index in [4.69, 9.17) is 10.00 Å². The first-order valence-electron chi connectivity index (χ1n) is 10.1. The van der Waals surface area contributed by atoms with Gasteiger partial charge in [-0.05, 0) is 68.7 Å². The van der Waals surface area contributed by atoms with Gasteiger partial charge in [0.05, 0.1) is 17.2 Å². The third kappa shape index (κ3) is 6.41. The summed E-state index contributed by atoms with van der Waals surface area (Å²) in [6.07, 6.45) is 0.645. The Labute approximate surface area is 182 Å². The Morgan fingerprint density at radius 3 is 2.42 bits per heavy atom. The van der Waals surface area contributed by atoms with Gasteiger partial charge in [-0.15, -0.1) is 0 Å². The Bertz CT molecular complexity index is 993. The minimum absolute atomic E-state index is 0.143. The molecule has 0 unspecified atom stereocenters. The smallest absolute Gasteiger partial charge is 0.338 e. The van der Waals surface area contributed by atoms with Crippen LogP contribution in [0.5, 0.6) is 0 Å². The van der Waals surface area contributed by atoms with Gasteiger partial charge in [-0.25, -0.2) is 4.79 Å². The molecule has 2 amide bonds. The number of nitrogens with one attached hydrogen (secondary N) is 1. The minimum atomic E-state index is -0.665. The molecule has 7 nitrogen and oxygen atoms in total. The predicted molar refractivity (Wildman–Crippen MR) is 117 cm³/mol. The number of nitrogens with zero attached hydrogens (tertiary/aromatic N) is 2. The summed E-state index contributed by atoms with van der Waals surface area (Å²) in [5, 5.41) is 11.7. The number of carbonyl (C=O) groups is 3. The number of esters is 1. The summed E-state index contributed by atoms with van der Waals surface area (Å²) < 4.78 is 5.13. The summed E-state index contributed by atoms with van der Waals surface area (Å²) in [7, 11) is 0. The Hall–Kier alpha value is -3.66. The number of aryl methyl sites for hydroxylation is 1. The first kappa shape index (κ1) is 23.6. The van der Waals surface area contributed by atoms with Crippen molar-refractivity contribution in [2.45, 2.75) is 40.2 Å². The number of carbonyl (C=O) groups excluding carboxylic acids is 3. The van der Waals surface area contributed by atoms with E-state index in [-0.39, 0.29) is 24.1 Å². The molecule has 0 aliphatic rings. The van der Waals surface area contributed by atoms with Gasteiger partial charge in [-0.3, -0.25) is 9.59 Å². The van der Waals surface area contributed by atoms with E-state index < -0.39 is 18.5 Å². The van der Waals surface area contributed by atoms with Crippen LogP contribution < -0.4 is 5.32 Å². The van der Waals surface area contributed by atoms with E-state index in [1.807, 2.05) is 52.0 Å². The number of hydrogen-bond acceptors (Lipinski definition) is 5. The normalized spacial score (nSPS) is 11.2. The fraction of sp³-hybridized carbons (Fsp3) is 0.333. The fourth-order valence-corrected chi connectivity index (χ4v) is 2.92. The molecule has 7 heteroatoms. The number of ether oxygens (including phenoxy) is 1. The van der Waals surface area contributed by atoms with Gasteiger partial charge in [0.15, 0.2) is 6.61 Å². The van der Waals surface area contributed by atoms with Crippen molar-refractivity contribution in [3.05, 3.63) is 64.7 Å². The van der Waals surface area contributed by atoms with Crippen molar-refractivity contribution in [1.29, 1.82) is 5.26 Å². The molecular formula is C24H27N3O4. The van der Waals surface area contributed by atoms with Crippen LogP contribution in [0.2, 0.25) is 0 Å². The molecule has 0 fully saturated rings. The number of anilines is 1. The average molecular weight is 421 g/mol. The van der Waals surface area contributed by atoms with Crippen LogP contribution in [-0.4, -0.2) is 41.9 Å². The highest BCUT2D eigenvalue weighted by molar-refractivity contribution is 5.96. The first-order chi connectivity index (χ1) is 14.8. The molecule has 2 rings (SSSR count). The van der Waals surface area contributed by atoms with Crippen molar-refractivity contribution in [3.63, 3.8) is 0 Å². The van der Waals surface area contributed by atoms with Crippen molar-refractivity contribution < 1.29 is 19.1 Å².